The number of carbonyl (C=O) groups excluding carboxylic acids is 1. The Labute approximate surface area is 193 Å². The summed E-state index contributed by atoms with van der Waals surface area (Å²) in [6, 6.07) is 19.0. The van der Waals surface area contributed by atoms with Crippen molar-refractivity contribution in [1.82, 2.24) is 10.2 Å². The summed E-state index contributed by atoms with van der Waals surface area (Å²) in [7, 11) is -3.65. The molecule has 1 amide bonds. The van der Waals surface area contributed by atoms with Gasteiger partial charge in [0, 0.05) is 23.3 Å². The van der Waals surface area contributed by atoms with E-state index in [-0.39, 0.29) is 22.6 Å². The van der Waals surface area contributed by atoms with Crippen molar-refractivity contribution in [2.75, 3.05) is 17.8 Å². The molecule has 0 saturated carbocycles. The van der Waals surface area contributed by atoms with Crippen molar-refractivity contribution in [3.63, 3.8) is 0 Å². The van der Waals surface area contributed by atoms with Crippen LogP contribution in [0.1, 0.15) is 30.3 Å². The number of nitrogens with one attached hydrogen (secondary N) is 2. The number of carbonyl (C=O) groups is 1. The van der Waals surface area contributed by atoms with Gasteiger partial charge in [-0.3, -0.25) is 14.4 Å². The van der Waals surface area contributed by atoms with Crippen LogP contribution in [-0.4, -0.2) is 44.4 Å². The Morgan fingerprint density at radius 1 is 0.970 bits per heavy atom. The summed E-state index contributed by atoms with van der Waals surface area (Å²) in [6.07, 6.45) is 2.25. The number of rotatable bonds is 6. The van der Waals surface area contributed by atoms with Gasteiger partial charge in [0.05, 0.1) is 4.90 Å². The van der Waals surface area contributed by atoms with Crippen LogP contribution in [-0.2, 0) is 10.0 Å². The van der Waals surface area contributed by atoms with Gasteiger partial charge >= 0.3 is 0 Å². The zero-order valence-electron chi connectivity index (χ0n) is 18.4. The van der Waals surface area contributed by atoms with Gasteiger partial charge < -0.3 is 9.73 Å². The summed E-state index contributed by atoms with van der Waals surface area (Å²) in [4.78, 5) is 15.5. The van der Waals surface area contributed by atoms with E-state index in [2.05, 4.69) is 21.9 Å². The van der Waals surface area contributed by atoms with Crippen LogP contribution in [0.15, 0.2) is 76.0 Å². The Balaban J connectivity index is 1.26. The molecule has 3 aromatic rings. The Morgan fingerprint density at radius 3 is 2.33 bits per heavy atom. The molecule has 2 aromatic carbocycles. The van der Waals surface area contributed by atoms with E-state index in [4.69, 9.17) is 4.42 Å². The minimum Gasteiger partial charge on any atom is -0.451 e. The molecule has 6 rings (SSSR count). The second-order valence-corrected chi connectivity index (χ2v) is 10.5. The Kier molecular flexibility index (Phi) is 5.72. The second kappa shape index (κ2) is 8.68. The number of benzene rings is 2. The highest BCUT2D eigenvalue weighted by Crippen LogP contribution is 2.32. The smallest absolute Gasteiger partial charge is 0.287 e. The quantitative estimate of drug-likeness (QED) is 0.575. The largest absolute Gasteiger partial charge is 0.451 e. The Bertz CT molecular complexity index is 1230. The maximum atomic E-state index is 12.8. The molecule has 2 bridgehead atoms. The molecule has 7 nitrogen and oxygen atoms in total. The first-order valence-electron chi connectivity index (χ1n) is 11.2. The summed E-state index contributed by atoms with van der Waals surface area (Å²) >= 11 is 0. The number of hydrogen-bond donors (Lipinski definition) is 2. The third-order valence-electron chi connectivity index (χ3n) is 6.78. The average molecular weight is 466 g/mol. The van der Waals surface area contributed by atoms with Crippen LogP contribution in [0.2, 0.25) is 0 Å². The van der Waals surface area contributed by atoms with E-state index in [0.29, 0.717) is 23.4 Å². The summed E-state index contributed by atoms with van der Waals surface area (Å²) < 4.78 is 33.4. The molecule has 1 aromatic heterocycles. The van der Waals surface area contributed by atoms with Gasteiger partial charge in [-0.2, -0.15) is 0 Å². The molecular formula is C25H27N3O4S. The highest BCUT2D eigenvalue weighted by Gasteiger charge is 2.40. The van der Waals surface area contributed by atoms with Gasteiger partial charge in [-0.1, -0.05) is 18.2 Å². The monoisotopic (exact) mass is 465 g/mol. The van der Waals surface area contributed by atoms with Crippen molar-refractivity contribution in [1.29, 1.82) is 0 Å². The zero-order valence-corrected chi connectivity index (χ0v) is 19.2. The van der Waals surface area contributed by atoms with E-state index in [9.17, 15) is 13.2 Å². The Hall–Kier alpha value is -3.10. The van der Waals surface area contributed by atoms with Crippen LogP contribution in [0.5, 0.6) is 0 Å². The van der Waals surface area contributed by atoms with E-state index in [1.807, 2.05) is 0 Å². The lowest BCUT2D eigenvalue weighted by Gasteiger charge is -2.49. The van der Waals surface area contributed by atoms with E-state index < -0.39 is 10.0 Å². The fraction of sp³-hybridized carbons (Fsp3) is 0.320. The summed E-state index contributed by atoms with van der Waals surface area (Å²) in [5.41, 5.74) is 1.20. The molecule has 0 aliphatic carbocycles. The van der Waals surface area contributed by atoms with Crippen molar-refractivity contribution in [3.05, 3.63) is 72.5 Å². The fourth-order valence-electron chi connectivity index (χ4n) is 4.90. The lowest BCUT2D eigenvalue weighted by Crippen LogP contribution is -2.62. The van der Waals surface area contributed by atoms with E-state index in [1.54, 1.807) is 66.7 Å². The molecular weight excluding hydrogens is 438 g/mol. The molecule has 3 aliphatic rings. The average Bonchev–Trinajstić information content (AvgIpc) is 3.33. The molecule has 4 heterocycles. The standard InChI is InChI=1S/C25H27N3O4S/c1-17-24(19-13-15-28(17)16-14-19)26-25(29)23-12-11-22(32-23)18-7-9-20(10-8-18)27-33(30,31)21-5-3-2-4-6-21/h2-12,17,19,24,27H,13-16H2,1H3,(H,26,29)/t17-,24+/m1/s1. The highest BCUT2D eigenvalue weighted by atomic mass is 32.2. The highest BCUT2D eigenvalue weighted by molar-refractivity contribution is 7.92. The van der Waals surface area contributed by atoms with E-state index in [0.717, 1.165) is 31.5 Å². The summed E-state index contributed by atoms with van der Waals surface area (Å²) in [5.74, 6) is 1.16. The van der Waals surface area contributed by atoms with Crippen molar-refractivity contribution in [2.45, 2.75) is 36.7 Å². The maximum absolute atomic E-state index is 12.8. The van der Waals surface area contributed by atoms with E-state index in [1.165, 1.54) is 0 Å². The first kappa shape index (κ1) is 21.7. The zero-order chi connectivity index (χ0) is 23.0. The lowest BCUT2D eigenvalue weighted by atomic mass is 9.79. The molecule has 3 saturated heterocycles. The normalized spacial score (nSPS) is 24.4. The molecule has 3 aliphatic heterocycles. The van der Waals surface area contributed by atoms with Crippen LogP contribution < -0.4 is 10.0 Å². The van der Waals surface area contributed by atoms with Crippen molar-refractivity contribution >= 4 is 21.6 Å². The molecule has 33 heavy (non-hydrogen) atoms. The number of fused-ring (bicyclic) bond motifs is 3. The van der Waals surface area contributed by atoms with Gasteiger partial charge in [-0.05, 0) is 87.3 Å². The van der Waals surface area contributed by atoms with Crippen LogP contribution in [0.25, 0.3) is 11.3 Å². The maximum Gasteiger partial charge on any atom is 0.287 e. The molecule has 0 radical (unpaired) electrons. The number of amides is 1. The first-order valence-corrected chi connectivity index (χ1v) is 12.7. The van der Waals surface area contributed by atoms with Gasteiger partial charge in [0.25, 0.3) is 15.9 Å². The molecule has 0 unspecified atom stereocenters. The number of sulfonamides is 1. The van der Waals surface area contributed by atoms with Gasteiger partial charge in [0.1, 0.15) is 5.76 Å². The summed E-state index contributed by atoms with van der Waals surface area (Å²) in [5, 5.41) is 3.18. The number of nitrogens with zero attached hydrogens (tertiary/aromatic N) is 1. The van der Waals surface area contributed by atoms with Gasteiger partial charge in [-0.15, -0.1) is 0 Å². The van der Waals surface area contributed by atoms with Crippen molar-refractivity contribution in [3.8, 4) is 11.3 Å². The number of furan rings is 1. The van der Waals surface area contributed by atoms with E-state index >= 15 is 0 Å². The molecule has 2 atom stereocenters. The number of piperidine rings is 3. The predicted octanol–water partition coefficient (Wildman–Crippen LogP) is 3.96. The SMILES string of the molecule is C[C@@H]1[C@H](NC(=O)c2ccc(-c3ccc(NS(=O)(=O)c4ccccc4)cc3)o2)C2CCN1CC2. The van der Waals surface area contributed by atoms with Gasteiger partial charge in [0.2, 0.25) is 0 Å². The van der Waals surface area contributed by atoms with Crippen LogP contribution in [0, 0.1) is 5.92 Å². The topological polar surface area (TPSA) is 91.7 Å². The van der Waals surface area contributed by atoms with Crippen LogP contribution in [0.3, 0.4) is 0 Å². The fourth-order valence-corrected chi connectivity index (χ4v) is 5.98. The minimum absolute atomic E-state index is 0.144. The lowest BCUT2D eigenvalue weighted by molar-refractivity contribution is 0.0211. The molecule has 0 spiro atoms. The van der Waals surface area contributed by atoms with Crippen LogP contribution in [0.4, 0.5) is 5.69 Å². The third-order valence-corrected chi connectivity index (χ3v) is 8.18. The number of anilines is 1. The molecule has 2 N–H and O–H groups in total. The molecule has 3 fully saturated rings. The van der Waals surface area contributed by atoms with Crippen molar-refractivity contribution < 1.29 is 17.6 Å². The first-order chi connectivity index (χ1) is 15.9. The molecule has 172 valence electrons. The van der Waals surface area contributed by atoms with Crippen molar-refractivity contribution in [2.24, 2.45) is 5.92 Å². The van der Waals surface area contributed by atoms with Gasteiger partial charge in [-0.25, -0.2) is 8.42 Å². The summed E-state index contributed by atoms with van der Waals surface area (Å²) in [6.45, 7) is 4.40. The number of hydrogen-bond acceptors (Lipinski definition) is 5. The molecule has 8 heteroatoms. The van der Waals surface area contributed by atoms with Crippen LogP contribution >= 0.6 is 0 Å². The Morgan fingerprint density at radius 2 is 1.67 bits per heavy atom. The second-order valence-electron chi connectivity index (χ2n) is 8.77. The van der Waals surface area contributed by atoms with Gasteiger partial charge in [0.15, 0.2) is 5.76 Å². The minimum atomic E-state index is -3.65. The third kappa shape index (κ3) is 4.41. The predicted molar refractivity (Wildman–Crippen MR) is 126 cm³/mol.